The van der Waals surface area contributed by atoms with Gasteiger partial charge in [-0.3, -0.25) is 4.79 Å². The Bertz CT molecular complexity index is 677. The third-order valence-electron chi connectivity index (χ3n) is 3.95. The summed E-state index contributed by atoms with van der Waals surface area (Å²) in [4.78, 5) is 21.9. The molecule has 0 spiro atoms. The number of nitrogens with zero attached hydrogens (tertiary/aromatic N) is 2. The summed E-state index contributed by atoms with van der Waals surface area (Å²) in [6.45, 7) is 1.57. The van der Waals surface area contributed by atoms with E-state index in [4.69, 9.17) is 5.73 Å². The van der Waals surface area contributed by atoms with Crippen molar-refractivity contribution in [2.75, 3.05) is 11.1 Å². The van der Waals surface area contributed by atoms with Gasteiger partial charge in [-0.1, -0.05) is 19.3 Å². The second-order valence-electron chi connectivity index (χ2n) is 5.69. The molecule has 0 aromatic carbocycles. The van der Waals surface area contributed by atoms with Crippen LogP contribution < -0.4 is 11.1 Å². The Kier molecular flexibility index (Phi) is 4.38. The summed E-state index contributed by atoms with van der Waals surface area (Å²) in [6, 6.07) is 4.16. The van der Waals surface area contributed by atoms with E-state index >= 15 is 0 Å². The molecule has 116 valence electrons. The van der Waals surface area contributed by atoms with E-state index in [2.05, 4.69) is 15.3 Å². The van der Waals surface area contributed by atoms with E-state index in [0.717, 1.165) is 28.3 Å². The summed E-state index contributed by atoms with van der Waals surface area (Å²) in [5, 5.41) is 3.43. The molecule has 6 heteroatoms. The van der Waals surface area contributed by atoms with Crippen molar-refractivity contribution in [3.63, 3.8) is 0 Å². The zero-order valence-electron chi connectivity index (χ0n) is 12.6. The Hall–Kier alpha value is -1.95. The maximum atomic E-state index is 11.4. The van der Waals surface area contributed by atoms with Gasteiger partial charge in [0.25, 0.3) is 0 Å². The van der Waals surface area contributed by atoms with Crippen LogP contribution in [0.2, 0.25) is 0 Å². The second kappa shape index (κ2) is 6.44. The van der Waals surface area contributed by atoms with Crippen LogP contribution in [0.25, 0.3) is 10.6 Å². The SMILES string of the molecule is CC(=O)c1ccc(-c2cnc(N)c(NC3CCCCC3)n2)s1. The standard InChI is InChI=1S/C16H20N4OS/c1-10(21)13-7-8-14(22-13)12-9-18-15(17)16(20-12)19-11-5-3-2-4-6-11/h7-9,11H,2-6H2,1H3,(H2,17,18)(H,19,20). The van der Waals surface area contributed by atoms with E-state index in [-0.39, 0.29) is 5.78 Å². The van der Waals surface area contributed by atoms with Crippen LogP contribution in [0.4, 0.5) is 11.6 Å². The van der Waals surface area contributed by atoms with Crippen LogP contribution in [0.3, 0.4) is 0 Å². The topological polar surface area (TPSA) is 80.9 Å². The van der Waals surface area contributed by atoms with E-state index in [9.17, 15) is 4.79 Å². The lowest BCUT2D eigenvalue weighted by Crippen LogP contribution is -2.23. The minimum absolute atomic E-state index is 0.0696. The minimum atomic E-state index is 0.0696. The highest BCUT2D eigenvalue weighted by atomic mass is 32.1. The number of hydrogen-bond donors (Lipinski definition) is 2. The Morgan fingerprint density at radius 2 is 2.09 bits per heavy atom. The van der Waals surface area contributed by atoms with Crippen molar-refractivity contribution in [1.29, 1.82) is 0 Å². The number of Topliss-reactive ketones (excluding diaryl/α,β-unsaturated/α-hetero) is 1. The van der Waals surface area contributed by atoms with Gasteiger partial charge in [0, 0.05) is 6.04 Å². The van der Waals surface area contributed by atoms with E-state index in [0.29, 0.717) is 17.7 Å². The first kappa shape index (κ1) is 15.0. The monoisotopic (exact) mass is 316 g/mol. The van der Waals surface area contributed by atoms with Gasteiger partial charge in [-0.25, -0.2) is 9.97 Å². The molecule has 2 aromatic rings. The molecular formula is C16H20N4OS. The lowest BCUT2D eigenvalue weighted by atomic mass is 9.95. The Morgan fingerprint density at radius 3 is 2.77 bits per heavy atom. The molecule has 1 fully saturated rings. The lowest BCUT2D eigenvalue weighted by molar-refractivity contribution is 0.102. The van der Waals surface area contributed by atoms with Gasteiger partial charge in [-0.05, 0) is 31.9 Å². The van der Waals surface area contributed by atoms with Gasteiger partial charge in [0.1, 0.15) is 5.69 Å². The molecule has 0 radical (unpaired) electrons. The average Bonchev–Trinajstić information content (AvgIpc) is 3.01. The van der Waals surface area contributed by atoms with Crippen molar-refractivity contribution in [2.45, 2.75) is 45.1 Å². The number of carbonyl (C=O) groups excluding carboxylic acids is 1. The van der Waals surface area contributed by atoms with Crippen LogP contribution in [-0.2, 0) is 0 Å². The molecule has 3 N–H and O–H groups in total. The zero-order chi connectivity index (χ0) is 15.5. The summed E-state index contributed by atoms with van der Waals surface area (Å²) in [5.41, 5.74) is 6.71. The number of anilines is 2. The molecule has 2 heterocycles. The maximum absolute atomic E-state index is 11.4. The highest BCUT2D eigenvalue weighted by molar-refractivity contribution is 7.17. The van der Waals surface area contributed by atoms with Crippen molar-refractivity contribution >= 4 is 28.8 Å². The van der Waals surface area contributed by atoms with E-state index in [1.165, 1.54) is 30.6 Å². The van der Waals surface area contributed by atoms with E-state index in [1.54, 1.807) is 13.1 Å². The number of hydrogen-bond acceptors (Lipinski definition) is 6. The van der Waals surface area contributed by atoms with Crippen LogP contribution in [0, 0.1) is 0 Å². The summed E-state index contributed by atoms with van der Waals surface area (Å²) >= 11 is 1.43. The molecule has 3 rings (SSSR count). The Morgan fingerprint density at radius 1 is 1.32 bits per heavy atom. The number of carbonyl (C=O) groups is 1. The summed E-state index contributed by atoms with van der Waals surface area (Å²) in [7, 11) is 0. The first-order valence-corrected chi connectivity index (χ1v) is 8.45. The lowest BCUT2D eigenvalue weighted by Gasteiger charge is -2.23. The van der Waals surface area contributed by atoms with Crippen LogP contribution in [0.1, 0.15) is 48.7 Å². The van der Waals surface area contributed by atoms with Crippen molar-refractivity contribution in [2.24, 2.45) is 0 Å². The number of rotatable bonds is 4. The molecule has 1 aliphatic rings. The van der Waals surface area contributed by atoms with Gasteiger partial charge in [-0.2, -0.15) is 0 Å². The highest BCUT2D eigenvalue weighted by Crippen LogP contribution is 2.29. The third-order valence-corrected chi connectivity index (χ3v) is 5.16. The van der Waals surface area contributed by atoms with Crippen molar-refractivity contribution in [3.8, 4) is 10.6 Å². The summed E-state index contributed by atoms with van der Waals surface area (Å²) in [5.74, 6) is 1.15. The van der Waals surface area contributed by atoms with Crippen LogP contribution in [-0.4, -0.2) is 21.8 Å². The van der Waals surface area contributed by atoms with Gasteiger partial charge in [0.05, 0.1) is 16.0 Å². The molecular weight excluding hydrogens is 296 g/mol. The number of ketones is 1. The fourth-order valence-electron chi connectivity index (χ4n) is 2.73. The zero-order valence-corrected chi connectivity index (χ0v) is 13.4. The predicted octanol–water partition coefficient (Wildman–Crippen LogP) is 3.73. The molecule has 0 aliphatic heterocycles. The van der Waals surface area contributed by atoms with Crippen molar-refractivity contribution in [3.05, 3.63) is 23.2 Å². The number of aromatic nitrogens is 2. The Balaban J connectivity index is 1.83. The minimum Gasteiger partial charge on any atom is -0.381 e. The quantitative estimate of drug-likeness (QED) is 0.840. The first-order valence-electron chi connectivity index (χ1n) is 7.63. The molecule has 0 bridgehead atoms. The number of nitrogens with two attached hydrogens (primary N) is 1. The van der Waals surface area contributed by atoms with Crippen molar-refractivity contribution < 1.29 is 4.79 Å². The normalized spacial score (nSPS) is 15.7. The van der Waals surface area contributed by atoms with E-state index in [1.807, 2.05) is 12.1 Å². The van der Waals surface area contributed by atoms with Gasteiger partial charge < -0.3 is 11.1 Å². The first-order chi connectivity index (χ1) is 10.6. The number of thiophene rings is 1. The largest absolute Gasteiger partial charge is 0.381 e. The van der Waals surface area contributed by atoms with Crippen LogP contribution >= 0.6 is 11.3 Å². The highest BCUT2D eigenvalue weighted by Gasteiger charge is 2.16. The molecule has 0 atom stereocenters. The average molecular weight is 316 g/mol. The fraction of sp³-hybridized carbons (Fsp3) is 0.438. The van der Waals surface area contributed by atoms with Crippen LogP contribution in [0.15, 0.2) is 18.3 Å². The summed E-state index contributed by atoms with van der Waals surface area (Å²) < 4.78 is 0. The smallest absolute Gasteiger partial charge is 0.169 e. The maximum Gasteiger partial charge on any atom is 0.169 e. The molecule has 1 saturated carbocycles. The molecule has 5 nitrogen and oxygen atoms in total. The molecule has 2 aromatic heterocycles. The van der Waals surface area contributed by atoms with Gasteiger partial charge in [0.15, 0.2) is 17.4 Å². The van der Waals surface area contributed by atoms with Crippen LogP contribution in [0.5, 0.6) is 0 Å². The van der Waals surface area contributed by atoms with Gasteiger partial charge in [0.2, 0.25) is 0 Å². The fourth-order valence-corrected chi connectivity index (χ4v) is 3.58. The predicted molar refractivity (Wildman–Crippen MR) is 90.3 cm³/mol. The van der Waals surface area contributed by atoms with Gasteiger partial charge >= 0.3 is 0 Å². The molecule has 1 aliphatic carbocycles. The third kappa shape index (κ3) is 3.27. The Labute approximate surface area is 134 Å². The molecule has 0 unspecified atom stereocenters. The van der Waals surface area contributed by atoms with E-state index < -0.39 is 0 Å². The molecule has 0 amide bonds. The molecule has 0 saturated heterocycles. The number of nitrogens with one attached hydrogen (secondary N) is 1. The second-order valence-corrected chi connectivity index (χ2v) is 6.77. The summed E-state index contributed by atoms with van der Waals surface area (Å²) in [6.07, 6.45) is 7.77. The number of nitrogen functional groups attached to an aromatic ring is 1. The van der Waals surface area contributed by atoms with Crippen molar-refractivity contribution in [1.82, 2.24) is 9.97 Å². The van der Waals surface area contributed by atoms with Gasteiger partial charge in [-0.15, -0.1) is 11.3 Å². The molecule has 22 heavy (non-hydrogen) atoms.